The van der Waals surface area contributed by atoms with Crippen LogP contribution in [0.25, 0.3) is 0 Å². The quantitative estimate of drug-likeness (QED) is 0.830. The lowest BCUT2D eigenvalue weighted by Crippen LogP contribution is -2.22. The van der Waals surface area contributed by atoms with Gasteiger partial charge in [-0.15, -0.1) is 0 Å². The first kappa shape index (κ1) is 12.7. The summed E-state index contributed by atoms with van der Waals surface area (Å²) in [4.78, 5) is 4.51. The van der Waals surface area contributed by atoms with Crippen LogP contribution in [0.1, 0.15) is 20.3 Å². The Morgan fingerprint density at radius 2 is 2.24 bits per heavy atom. The third kappa shape index (κ3) is 3.36. The zero-order valence-electron chi connectivity index (χ0n) is 9.71. The number of hydrogen-bond acceptors (Lipinski definition) is 3. The lowest BCUT2D eigenvalue weighted by molar-refractivity contribution is 0.628. The van der Waals surface area contributed by atoms with E-state index in [1.807, 2.05) is 0 Å². The van der Waals surface area contributed by atoms with Crippen LogP contribution in [-0.4, -0.2) is 16.5 Å². The molecule has 1 aliphatic rings. The summed E-state index contributed by atoms with van der Waals surface area (Å²) in [6, 6.07) is 4.91. The minimum atomic E-state index is -0.405. The van der Waals surface area contributed by atoms with Gasteiger partial charge in [0.05, 0.1) is 11.1 Å². The molecule has 0 radical (unpaired) electrons. The van der Waals surface area contributed by atoms with Gasteiger partial charge in [-0.3, -0.25) is 4.99 Å². The summed E-state index contributed by atoms with van der Waals surface area (Å²) in [5.74, 6) is -0.405. The monoisotopic (exact) mass is 272 g/mol. The minimum absolute atomic E-state index is 0.123. The fraction of sp³-hybridized carbons (Fsp3) is 0.417. The predicted molar refractivity (Wildman–Crippen MR) is 73.6 cm³/mol. The number of anilines is 1. The molecule has 1 N–H and O–H groups in total. The number of rotatable bonds is 1. The Balaban J connectivity index is 2.12. The van der Waals surface area contributed by atoms with Crippen LogP contribution >= 0.6 is 23.4 Å². The normalized spacial score (nSPS) is 24.4. The van der Waals surface area contributed by atoms with Crippen molar-refractivity contribution in [2.24, 2.45) is 4.99 Å². The molecule has 0 fully saturated rings. The van der Waals surface area contributed by atoms with E-state index in [0.717, 1.165) is 17.3 Å². The zero-order chi connectivity index (χ0) is 12.4. The van der Waals surface area contributed by atoms with E-state index in [0.29, 0.717) is 11.3 Å². The molecule has 0 saturated heterocycles. The van der Waals surface area contributed by atoms with Gasteiger partial charge in [-0.05, 0) is 31.5 Å². The Labute approximate surface area is 110 Å². The summed E-state index contributed by atoms with van der Waals surface area (Å²) in [6.07, 6.45) is 1.08. The van der Waals surface area contributed by atoms with Crippen molar-refractivity contribution >= 4 is 34.2 Å². The predicted octanol–water partition coefficient (Wildman–Crippen LogP) is 4.16. The topological polar surface area (TPSA) is 24.4 Å². The molecule has 1 heterocycles. The SMILES string of the molecule is CC1CC(C)SC(Nc2ccc(F)c(Cl)c2)=N1. The summed E-state index contributed by atoms with van der Waals surface area (Å²) in [6.45, 7) is 4.27. The highest BCUT2D eigenvalue weighted by Gasteiger charge is 2.18. The summed E-state index contributed by atoms with van der Waals surface area (Å²) in [7, 11) is 0. The molecule has 2 unspecified atom stereocenters. The van der Waals surface area contributed by atoms with Crippen LogP contribution in [-0.2, 0) is 0 Å². The molecule has 0 bridgehead atoms. The lowest BCUT2D eigenvalue weighted by atomic mass is 10.2. The van der Waals surface area contributed by atoms with Crippen molar-refractivity contribution in [3.8, 4) is 0 Å². The molecule has 92 valence electrons. The number of nitrogens with one attached hydrogen (secondary N) is 1. The van der Waals surface area contributed by atoms with Gasteiger partial charge in [-0.2, -0.15) is 0 Å². The maximum atomic E-state index is 13.0. The lowest BCUT2D eigenvalue weighted by Gasteiger charge is -2.23. The standard InChI is InChI=1S/C12H14ClFN2S/c1-7-5-8(2)17-12(15-7)16-9-3-4-11(14)10(13)6-9/h3-4,6-8H,5H2,1-2H3,(H,15,16). The average molecular weight is 273 g/mol. The van der Waals surface area contributed by atoms with Gasteiger partial charge in [-0.1, -0.05) is 30.3 Å². The molecule has 0 aliphatic carbocycles. The number of aliphatic imine (C=N–C) groups is 1. The molecule has 17 heavy (non-hydrogen) atoms. The fourth-order valence-electron chi connectivity index (χ4n) is 1.76. The Bertz CT molecular complexity index is 450. The zero-order valence-corrected chi connectivity index (χ0v) is 11.3. The third-order valence-electron chi connectivity index (χ3n) is 2.49. The van der Waals surface area contributed by atoms with E-state index >= 15 is 0 Å². The van der Waals surface area contributed by atoms with Crippen LogP contribution in [0.15, 0.2) is 23.2 Å². The number of hydrogen-bond donors (Lipinski definition) is 1. The van der Waals surface area contributed by atoms with Crippen molar-refractivity contribution < 1.29 is 4.39 Å². The van der Waals surface area contributed by atoms with Crippen molar-refractivity contribution in [1.29, 1.82) is 0 Å². The van der Waals surface area contributed by atoms with E-state index in [1.165, 1.54) is 6.07 Å². The van der Waals surface area contributed by atoms with E-state index in [2.05, 4.69) is 24.2 Å². The third-order valence-corrected chi connectivity index (χ3v) is 3.81. The Morgan fingerprint density at radius 3 is 2.88 bits per heavy atom. The molecule has 2 rings (SSSR count). The molecule has 0 amide bonds. The summed E-state index contributed by atoms with van der Waals surface area (Å²) in [5, 5.41) is 4.71. The van der Waals surface area contributed by atoms with Crippen molar-refractivity contribution in [2.45, 2.75) is 31.6 Å². The number of amidine groups is 1. The first-order valence-electron chi connectivity index (χ1n) is 5.51. The molecule has 1 aromatic carbocycles. The second-order valence-corrected chi connectivity index (χ2v) is 6.04. The molecule has 0 spiro atoms. The first-order valence-corrected chi connectivity index (χ1v) is 6.77. The molecule has 0 saturated carbocycles. The smallest absolute Gasteiger partial charge is 0.161 e. The molecule has 2 nitrogen and oxygen atoms in total. The van der Waals surface area contributed by atoms with Gasteiger partial charge in [-0.25, -0.2) is 4.39 Å². The number of benzene rings is 1. The van der Waals surface area contributed by atoms with Gasteiger partial charge in [0, 0.05) is 10.9 Å². The van der Waals surface area contributed by atoms with Crippen LogP contribution in [0.5, 0.6) is 0 Å². The van der Waals surface area contributed by atoms with E-state index in [4.69, 9.17) is 11.6 Å². The summed E-state index contributed by atoms with van der Waals surface area (Å²) < 4.78 is 13.0. The largest absolute Gasteiger partial charge is 0.335 e. The molecule has 5 heteroatoms. The molecule has 1 aromatic rings. The van der Waals surface area contributed by atoms with Crippen molar-refractivity contribution in [1.82, 2.24) is 0 Å². The van der Waals surface area contributed by atoms with Crippen molar-refractivity contribution in [3.05, 3.63) is 29.0 Å². The molecule has 1 aliphatic heterocycles. The summed E-state index contributed by atoms with van der Waals surface area (Å²) in [5.41, 5.74) is 0.768. The van der Waals surface area contributed by atoms with Crippen molar-refractivity contribution in [2.75, 3.05) is 5.32 Å². The van der Waals surface area contributed by atoms with Gasteiger partial charge in [0.25, 0.3) is 0 Å². The first-order chi connectivity index (χ1) is 8.04. The fourth-order valence-corrected chi connectivity index (χ4v) is 3.12. The van der Waals surface area contributed by atoms with Crippen LogP contribution in [0, 0.1) is 5.82 Å². The molecular weight excluding hydrogens is 259 g/mol. The van der Waals surface area contributed by atoms with Gasteiger partial charge in [0.1, 0.15) is 5.82 Å². The van der Waals surface area contributed by atoms with Gasteiger partial charge in [0.15, 0.2) is 5.17 Å². The van der Waals surface area contributed by atoms with Crippen LogP contribution in [0.3, 0.4) is 0 Å². The van der Waals surface area contributed by atoms with E-state index in [9.17, 15) is 4.39 Å². The van der Waals surface area contributed by atoms with E-state index in [1.54, 1.807) is 23.9 Å². The van der Waals surface area contributed by atoms with Crippen LogP contribution < -0.4 is 5.32 Å². The second-order valence-electron chi connectivity index (χ2n) is 4.20. The molecule has 0 aromatic heterocycles. The van der Waals surface area contributed by atoms with Gasteiger partial charge >= 0.3 is 0 Å². The number of nitrogens with zero attached hydrogens (tertiary/aromatic N) is 1. The highest BCUT2D eigenvalue weighted by molar-refractivity contribution is 8.14. The molecular formula is C12H14ClFN2S. The highest BCUT2D eigenvalue weighted by atomic mass is 35.5. The maximum absolute atomic E-state index is 13.0. The van der Waals surface area contributed by atoms with Gasteiger partial charge < -0.3 is 5.32 Å². The highest BCUT2D eigenvalue weighted by Crippen LogP contribution is 2.27. The number of halogens is 2. The van der Waals surface area contributed by atoms with Crippen LogP contribution in [0.2, 0.25) is 5.02 Å². The Morgan fingerprint density at radius 1 is 1.47 bits per heavy atom. The van der Waals surface area contributed by atoms with E-state index < -0.39 is 5.82 Å². The van der Waals surface area contributed by atoms with Gasteiger partial charge in [0.2, 0.25) is 0 Å². The summed E-state index contributed by atoms with van der Waals surface area (Å²) >= 11 is 7.42. The maximum Gasteiger partial charge on any atom is 0.161 e. The van der Waals surface area contributed by atoms with Crippen molar-refractivity contribution in [3.63, 3.8) is 0 Å². The number of thioether (sulfide) groups is 1. The molecule has 2 atom stereocenters. The van der Waals surface area contributed by atoms with E-state index in [-0.39, 0.29) is 5.02 Å². The average Bonchev–Trinajstić information content (AvgIpc) is 2.22. The van der Waals surface area contributed by atoms with Crippen LogP contribution in [0.4, 0.5) is 10.1 Å². The second kappa shape index (κ2) is 5.27. The Hall–Kier alpha value is -0.740. The minimum Gasteiger partial charge on any atom is -0.335 e. The Kier molecular flexibility index (Phi) is 3.94.